The summed E-state index contributed by atoms with van der Waals surface area (Å²) in [5.74, 6) is 6.11. The highest BCUT2D eigenvalue weighted by Gasteiger charge is 2.56. The Bertz CT molecular complexity index is 283. The maximum atomic E-state index is 10.8. The van der Waals surface area contributed by atoms with Crippen LogP contribution in [0.2, 0.25) is 0 Å². The minimum atomic E-state index is 0.00463. The summed E-state index contributed by atoms with van der Waals surface area (Å²) in [6, 6.07) is 0. The van der Waals surface area contributed by atoms with Gasteiger partial charge < -0.3 is 5.11 Å². The summed E-state index contributed by atoms with van der Waals surface area (Å²) in [5, 5.41) is 10.8. The molecule has 1 heteroatoms. The second-order valence-electron chi connectivity index (χ2n) is 8.08. The SMILES string of the molecule is CC1CC(C)C2C(O)C3C(C)CC(C)CC3C2C1. The van der Waals surface area contributed by atoms with Crippen molar-refractivity contribution in [2.24, 2.45) is 47.3 Å². The van der Waals surface area contributed by atoms with E-state index in [9.17, 15) is 5.11 Å². The summed E-state index contributed by atoms with van der Waals surface area (Å²) < 4.78 is 0. The molecule has 1 nitrogen and oxygen atoms in total. The number of hydrogen-bond donors (Lipinski definition) is 1. The third-order valence-corrected chi connectivity index (χ3v) is 6.54. The molecule has 18 heavy (non-hydrogen) atoms. The fraction of sp³-hybridized carbons (Fsp3) is 1.00. The summed E-state index contributed by atoms with van der Waals surface area (Å²) >= 11 is 0. The van der Waals surface area contributed by atoms with E-state index in [2.05, 4.69) is 27.7 Å². The van der Waals surface area contributed by atoms with Gasteiger partial charge in [-0.2, -0.15) is 0 Å². The van der Waals surface area contributed by atoms with Gasteiger partial charge in [0, 0.05) is 0 Å². The predicted octanol–water partition coefficient (Wildman–Crippen LogP) is 3.96. The molecule has 3 aliphatic carbocycles. The Morgan fingerprint density at radius 1 is 0.667 bits per heavy atom. The lowest BCUT2D eigenvalue weighted by Crippen LogP contribution is -2.35. The van der Waals surface area contributed by atoms with Crippen molar-refractivity contribution in [1.29, 1.82) is 0 Å². The molecule has 0 spiro atoms. The van der Waals surface area contributed by atoms with Crippen LogP contribution in [0.1, 0.15) is 53.4 Å². The highest BCUT2D eigenvalue weighted by Crippen LogP contribution is 2.58. The molecule has 8 atom stereocenters. The minimum absolute atomic E-state index is 0.00463. The molecule has 0 bridgehead atoms. The highest BCUT2D eigenvalue weighted by atomic mass is 16.3. The third-order valence-electron chi connectivity index (χ3n) is 6.54. The van der Waals surface area contributed by atoms with Crippen LogP contribution in [-0.2, 0) is 0 Å². The van der Waals surface area contributed by atoms with Crippen LogP contribution in [0, 0.1) is 47.3 Å². The molecule has 3 fully saturated rings. The van der Waals surface area contributed by atoms with Crippen LogP contribution in [0.15, 0.2) is 0 Å². The monoisotopic (exact) mass is 250 g/mol. The van der Waals surface area contributed by atoms with Gasteiger partial charge in [0.1, 0.15) is 0 Å². The molecule has 104 valence electrons. The molecule has 0 amide bonds. The lowest BCUT2D eigenvalue weighted by atomic mass is 9.64. The van der Waals surface area contributed by atoms with Gasteiger partial charge in [-0.15, -0.1) is 0 Å². The molecule has 3 rings (SSSR count). The summed E-state index contributed by atoms with van der Waals surface area (Å²) in [6.45, 7) is 9.62. The topological polar surface area (TPSA) is 20.2 Å². The molecule has 3 aliphatic rings. The van der Waals surface area contributed by atoms with Crippen molar-refractivity contribution < 1.29 is 5.11 Å². The van der Waals surface area contributed by atoms with Gasteiger partial charge in [0.15, 0.2) is 0 Å². The largest absolute Gasteiger partial charge is 0.393 e. The van der Waals surface area contributed by atoms with Gasteiger partial charge in [0.05, 0.1) is 6.10 Å². The van der Waals surface area contributed by atoms with Crippen molar-refractivity contribution in [2.75, 3.05) is 0 Å². The van der Waals surface area contributed by atoms with Crippen LogP contribution >= 0.6 is 0 Å². The first-order chi connectivity index (χ1) is 8.49. The van der Waals surface area contributed by atoms with Crippen molar-refractivity contribution in [3.8, 4) is 0 Å². The van der Waals surface area contributed by atoms with E-state index in [0.717, 1.165) is 35.5 Å². The molecule has 0 aromatic carbocycles. The molecule has 3 saturated carbocycles. The van der Waals surface area contributed by atoms with E-state index in [1.54, 1.807) is 0 Å². The Kier molecular flexibility index (Phi) is 3.25. The average molecular weight is 250 g/mol. The predicted molar refractivity (Wildman–Crippen MR) is 75.1 cm³/mol. The first-order valence-electron chi connectivity index (χ1n) is 8.17. The molecular formula is C17H30O. The summed E-state index contributed by atoms with van der Waals surface area (Å²) in [6.07, 6.45) is 5.44. The van der Waals surface area contributed by atoms with Crippen LogP contribution in [0.3, 0.4) is 0 Å². The normalized spacial score (nSPS) is 60.2. The molecular weight excluding hydrogens is 220 g/mol. The molecule has 0 aliphatic heterocycles. The van der Waals surface area contributed by atoms with E-state index in [1.807, 2.05) is 0 Å². The Labute approximate surface area is 112 Å². The molecule has 8 unspecified atom stereocenters. The van der Waals surface area contributed by atoms with Crippen LogP contribution < -0.4 is 0 Å². The first kappa shape index (κ1) is 13.0. The quantitative estimate of drug-likeness (QED) is 0.690. The van der Waals surface area contributed by atoms with E-state index >= 15 is 0 Å². The van der Waals surface area contributed by atoms with Crippen LogP contribution in [0.5, 0.6) is 0 Å². The van der Waals surface area contributed by atoms with Crippen molar-refractivity contribution in [3.63, 3.8) is 0 Å². The van der Waals surface area contributed by atoms with Gasteiger partial charge in [0.25, 0.3) is 0 Å². The molecule has 1 N–H and O–H groups in total. The highest BCUT2D eigenvalue weighted by molar-refractivity contribution is 5.04. The molecule has 0 aromatic rings. The van der Waals surface area contributed by atoms with Gasteiger partial charge in [-0.25, -0.2) is 0 Å². The number of fused-ring (bicyclic) bond motifs is 3. The van der Waals surface area contributed by atoms with E-state index in [1.165, 1.54) is 25.7 Å². The van der Waals surface area contributed by atoms with E-state index < -0.39 is 0 Å². The van der Waals surface area contributed by atoms with Gasteiger partial charge in [0.2, 0.25) is 0 Å². The standard InChI is InChI=1S/C17H30O/c1-9-5-11(3)15-13(7-9)14-8-10(2)6-12(4)16(14)17(15)18/h9-18H,5-8H2,1-4H3. The first-order valence-corrected chi connectivity index (χ1v) is 8.17. The van der Waals surface area contributed by atoms with Crippen molar-refractivity contribution in [2.45, 2.75) is 59.5 Å². The Balaban J connectivity index is 1.89. The smallest absolute Gasteiger partial charge is 0.0607 e. The van der Waals surface area contributed by atoms with Crippen molar-refractivity contribution in [3.05, 3.63) is 0 Å². The zero-order chi connectivity index (χ0) is 13.0. The third kappa shape index (κ3) is 1.85. The number of aliphatic hydroxyl groups is 1. The number of hydrogen-bond acceptors (Lipinski definition) is 1. The lowest BCUT2D eigenvalue weighted by molar-refractivity contribution is 0.0112. The number of rotatable bonds is 0. The fourth-order valence-electron chi connectivity index (χ4n) is 6.22. The van der Waals surface area contributed by atoms with Crippen LogP contribution in [-0.4, -0.2) is 11.2 Å². The van der Waals surface area contributed by atoms with Gasteiger partial charge in [-0.05, 0) is 73.0 Å². The molecule has 0 aromatic heterocycles. The zero-order valence-corrected chi connectivity index (χ0v) is 12.5. The fourth-order valence-corrected chi connectivity index (χ4v) is 6.22. The van der Waals surface area contributed by atoms with Crippen molar-refractivity contribution >= 4 is 0 Å². The van der Waals surface area contributed by atoms with Gasteiger partial charge >= 0.3 is 0 Å². The molecule has 0 radical (unpaired) electrons. The summed E-state index contributed by atoms with van der Waals surface area (Å²) in [4.78, 5) is 0. The zero-order valence-electron chi connectivity index (χ0n) is 12.5. The maximum absolute atomic E-state index is 10.8. The Morgan fingerprint density at radius 2 is 1.06 bits per heavy atom. The van der Waals surface area contributed by atoms with E-state index in [0.29, 0.717) is 11.8 Å². The van der Waals surface area contributed by atoms with Crippen molar-refractivity contribution in [1.82, 2.24) is 0 Å². The second kappa shape index (κ2) is 4.51. The Morgan fingerprint density at radius 3 is 1.44 bits per heavy atom. The maximum Gasteiger partial charge on any atom is 0.0607 e. The minimum Gasteiger partial charge on any atom is -0.393 e. The van der Waals surface area contributed by atoms with Crippen LogP contribution in [0.4, 0.5) is 0 Å². The average Bonchev–Trinajstić information content (AvgIpc) is 2.52. The second-order valence-corrected chi connectivity index (χ2v) is 8.08. The van der Waals surface area contributed by atoms with Crippen LogP contribution in [0.25, 0.3) is 0 Å². The van der Waals surface area contributed by atoms with E-state index in [4.69, 9.17) is 0 Å². The van der Waals surface area contributed by atoms with Gasteiger partial charge in [-0.1, -0.05) is 27.7 Å². The lowest BCUT2D eigenvalue weighted by Gasteiger charge is -2.40. The van der Waals surface area contributed by atoms with Gasteiger partial charge in [-0.3, -0.25) is 0 Å². The Hall–Kier alpha value is -0.0400. The molecule has 0 heterocycles. The van der Waals surface area contributed by atoms with E-state index in [-0.39, 0.29) is 6.10 Å². The number of aliphatic hydroxyl groups excluding tert-OH is 1. The summed E-state index contributed by atoms with van der Waals surface area (Å²) in [5.41, 5.74) is 0. The molecule has 0 saturated heterocycles. The summed E-state index contributed by atoms with van der Waals surface area (Å²) in [7, 11) is 0.